The molecule has 5 heteroatoms. The van der Waals surface area contributed by atoms with Crippen LogP contribution in [0.25, 0.3) is 16.6 Å². The Kier molecular flexibility index (Phi) is 3.01. The molecular formula is C18H15FN4. The van der Waals surface area contributed by atoms with Gasteiger partial charge in [0.2, 0.25) is 0 Å². The van der Waals surface area contributed by atoms with Gasteiger partial charge in [-0.25, -0.2) is 14.4 Å². The average molecular weight is 306 g/mol. The Morgan fingerprint density at radius 2 is 1.91 bits per heavy atom. The molecule has 0 aliphatic carbocycles. The summed E-state index contributed by atoms with van der Waals surface area (Å²) >= 11 is 0. The number of anilines is 2. The molecule has 2 heterocycles. The lowest BCUT2D eigenvalue weighted by molar-refractivity contribution is 0.628. The molecule has 4 aromatic rings. The van der Waals surface area contributed by atoms with E-state index in [2.05, 4.69) is 15.3 Å². The normalized spacial score (nSPS) is 11.3. The van der Waals surface area contributed by atoms with Crippen molar-refractivity contribution in [2.75, 3.05) is 5.32 Å². The van der Waals surface area contributed by atoms with E-state index in [0.29, 0.717) is 11.3 Å². The molecule has 0 radical (unpaired) electrons. The Bertz CT molecular complexity index is 1040. The lowest BCUT2D eigenvalue weighted by Crippen LogP contribution is -2.01. The van der Waals surface area contributed by atoms with Crippen molar-refractivity contribution in [3.05, 3.63) is 65.9 Å². The maximum absolute atomic E-state index is 13.8. The van der Waals surface area contributed by atoms with Crippen LogP contribution < -0.4 is 5.32 Å². The Labute approximate surface area is 132 Å². The van der Waals surface area contributed by atoms with Crippen molar-refractivity contribution in [3.8, 4) is 0 Å². The van der Waals surface area contributed by atoms with Crippen LogP contribution in [0.4, 0.5) is 15.9 Å². The SMILES string of the molecule is Cc1ccccc1Nc1nc2cc(F)cc(C)c2n2cncc12. The quantitative estimate of drug-likeness (QED) is 0.597. The van der Waals surface area contributed by atoms with Crippen LogP contribution >= 0.6 is 0 Å². The summed E-state index contributed by atoms with van der Waals surface area (Å²) < 4.78 is 15.7. The molecule has 0 amide bonds. The van der Waals surface area contributed by atoms with E-state index in [9.17, 15) is 4.39 Å². The summed E-state index contributed by atoms with van der Waals surface area (Å²) in [6.07, 6.45) is 3.49. The monoisotopic (exact) mass is 306 g/mol. The fourth-order valence-electron chi connectivity index (χ4n) is 2.88. The maximum atomic E-state index is 13.8. The number of nitrogens with zero attached hydrogens (tertiary/aromatic N) is 3. The highest BCUT2D eigenvalue weighted by Gasteiger charge is 2.12. The number of aromatic nitrogens is 3. The van der Waals surface area contributed by atoms with Crippen molar-refractivity contribution >= 4 is 28.1 Å². The van der Waals surface area contributed by atoms with E-state index in [1.807, 2.05) is 42.5 Å². The van der Waals surface area contributed by atoms with Crippen LogP contribution in [-0.4, -0.2) is 14.4 Å². The molecule has 1 N–H and O–H groups in total. The van der Waals surface area contributed by atoms with Gasteiger partial charge < -0.3 is 5.32 Å². The van der Waals surface area contributed by atoms with Gasteiger partial charge in [-0.05, 0) is 37.1 Å². The molecule has 4 nitrogen and oxygen atoms in total. The zero-order valence-electron chi connectivity index (χ0n) is 12.8. The van der Waals surface area contributed by atoms with Crippen LogP contribution in [0.2, 0.25) is 0 Å². The molecule has 0 spiro atoms. The van der Waals surface area contributed by atoms with Crippen LogP contribution in [0, 0.1) is 19.7 Å². The lowest BCUT2D eigenvalue weighted by Gasteiger charge is -2.13. The highest BCUT2D eigenvalue weighted by Crippen LogP contribution is 2.27. The van der Waals surface area contributed by atoms with Gasteiger partial charge in [-0.15, -0.1) is 0 Å². The third kappa shape index (κ3) is 2.21. The number of hydrogen-bond acceptors (Lipinski definition) is 3. The number of imidazole rings is 1. The Hall–Kier alpha value is -2.95. The van der Waals surface area contributed by atoms with Crippen LogP contribution in [0.3, 0.4) is 0 Å². The molecule has 23 heavy (non-hydrogen) atoms. The van der Waals surface area contributed by atoms with E-state index < -0.39 is 0 Å². The van der Waals surface area contributed by atoms with Crippen molar-refractivity contribution in [3.63, 3.8) is 0 Å². The smallest absolute Gasteiger partial charge is 0.157 e. The van der Waals surface area contributed by atoms with Gasteiger partial charge in [0, 0.05) is 11.8 Å². The predicted octanol–water partition coefficient (Wildman–Crippen LogP) is 4.38. The first-order valence-corrected chi connectivity index (χ1v) is 7.38. The van der Waals surface area contributed by atoms with E-state index in [0.717, 1.165) is 27.8 Å². The van der Waals surface area contributed by atoms with Gasteiger partial charge >= 0.3 is 0 Å². The molecule has 0 fully saturated rings. The maximum Gasteiger partial charge on any atom is 0.157 e. The number of hydrogen-bond donors (Lipinski definition) is 1. The topological polar surface area (TPSA) is 42.2 Å². The minimum Gasteiger partial charge on any atom is -0.338 e. The van der Waals surface area contributed by atoms with Gasteiger partial charge in [-0.1, -0.05) is 18.2 Å². The fourth-order valence-corrected chi connectivity index (χ4v) is 2.88. The van der Waals surface area contributed by atoms with Crippen molar-refractivity contribution in [1.82, 2.24) is 14.4 Å². The van der Waals surface area contributed by atoms with Gasteiger partial charge in [0.05, 0.1) is 23.6 Å². The Morgan fingerprint density at radius 1 is 1.09 bits per heavy atom. The largest absolute Gasteiger partial charge is 0.338 e. The van der Waals surface area contributed by atoms with Crippen LogP contribution in [0.5, 0.6) is 0 Å². The second kappa shape index (κ2) is 5.05. The van der Waals surface area contributed by atoms with Crippen molar-refractivity contribution in [2.45, 2.75) is 13.8 Å². The first-order valence-electron chi connectivity index (χ1n) is 7.38. The van der Waals surface area contributed by atoms with E-state index in [-0.39, 0.29) is 5.82 Å². The highest BCUT2D eigenvalue weighted by molar-refractivity contribution is 5.87. The number of rotatable bonds is 2. The van der Waals surface area contributed by atoms with Gasteiger partial charge in [0.15, 0.2) is 5.82 Å². The van der Waals surface area contributed by atoms with Crippen LogP contribution in [0.1, 0.15) is 11.1 Å². The molecule has 0 bridgehead atoms. The summed E-state index contributed by atoms with van der Waals surface area (Å²) in [5.41, 5.74) is 5.24. The van der Waals surface area contributed by atoms with Crippen molar-refractivity contribution in [2.24, 2.45) is 0 Å². The van der Waals surface area contributed by atoms with Gasteiger partial charge in [0.1, 0.15) is 11.3 Å². The number of aryl methyl sites for hydroxylation is 2. The lowest BCUT2D eigenvalue weighted by atomic mass is 10.2. The molecular weight excluding hydrogens is 291 g/mol. The first kappa shape index (κ1) is 13.7. The first-order chi connectivity index (χ1) is 11.1. The molecule has 2 aromatic heterocycles. The number of fused-ring (bicyclic) bond motifs is 3. The highest BCUT2D eigenvalue weighted by atomic mass is 19.1. The average Bonchev–Trinajstić information content (AvgIpc) is 2.98. The molecule has 114 valence electrons. The summed E-state index contributed by atoms with van der Waals surface area (Å²) in [6, 6.07) is 10.9. The minimum absolute atomic E-state index is 0.288. The third-order valence-electron chi connectivity index (χ3n) is 4.00. The molecule has 0 unspecified atom stereocenters. The van der Waals surface area contributed by atoms with Crippen molar-refractivity contribution < 1.29 is 4.39 Å². The van der Waals surface area contributed by atoms with Gasteiger partial charge in [-0.2, -0.15) is 0 Å². The Balaban J connectivity index is 1.99. The molecule has 2 aromatic carbocycles. The van der Waals surface area contributed by atoms with Crippen LogP contribution in [0.15, 0.2) is 48.9 Å². The van der Waals surface area contributed by atoms with E-state index >= 15 is 0 Å². The molecule has 4 rings (SSSR count). The number of benzene rings is 2. The summed E-state index contributed by atoms with van der Waals surface area (Å²) in [5, 5.41) is 3.34. The minimum atomic E-state index is -0.288. The number of halogens is 1. The summed E-state index contributed by atoms with van der Waals surface area (Å²) in [4.78, 5) is 8.85. The van der Waals surface area contributed by atoms with Crippen LogP contribution in [-0.2, 0) is 0 Å². The second-order valence-electron chi connectivity index (χ2n) is 5.64. The molecule has 0 saturated carbocycles. The van der Waals surface area contributed by atoms with E-state index in [1.54, 1.807) is 12.5 Å². The van der Waals surface area contributed by atoms with E-state index in [1.165, 1.54) is 12.1 Å². The van der Waals surface area contributed by atoms with Gasteiger partial charge in [-0.3, -0.25) is 4.40 Å². The molecule has 0 aliphatic heterocycles. The predicted molar refractivity (Wildman–Crippen MR) is 89.6 cm³/mol. The number of nitrogens with one attached hydrogen (secondary N) is 1. The summed E-state index contributed by atoms with van der Waals surface area (Å²) in [6.45, 7) is 3.90. The molecule has 0 saturated heterocycles. The number of para-hydroxylation sites is 1. The summed E-state index contributed by atoms with van der Waals surface area (Å²) in [5.74, 6) is 0.373. The van der Waals surface area contributed by atoms with E-state index in [4.69, 9.17) is 0 Å². The standard InChI is InChI=1S/C18H15FN4/c1-11-5-3-4-6-14(11)21-18-16-9-20-10-23(16)17-12(2)7-13(19)8-15(17)22-18/h3-10H,1-2H3,(H,21,22). The summed E-state index contributed by atoms with van der Waals surface area (Å²) in [7, 11) is 0. The molecule has 0 aliphatic rings. The molecule has 0 atom stereocenters. The second-order valence-corrected chi connectivity index (χ2v) is 5.64. The van der Waals surface area contributed by atoms with Crippen molar-refractivity contribution in [1.29, 1.82) is 0 Å². The fraction of sp³-hybridized carbons (Fsp3) is 0.111. The zero-order valence-corrected chi connectivity index (χ0v) is 12.8. The van der Waals surface area contributed by atoms with Gasteiger partial charge in [0.25, 0.3) is 0 Å². The zero-order chi connectivity index (χ0) is 16.0. The Morgan fingerprint density at radius 3 is 2.74 bits per heavy atom. The third-order valence-corrected chi connectivity index (χ3v) is 4.00.